The van der Waals surface area contributed by atoms with Gasteiger partial charge in [-0.25, -0.2) is 0 Å². The first kappa shape index (κ1) is 10.9. The van der Waals surface area contributed by atoms with Crippen LogP contribution in [-0.4, -0.2) is 42.4 Å². The monoisotopic (exact) mass is 214 g/mol. The summed E-state index contributed by atoms with van der Waals surface area (Å²) in [6.45, 7) is 1.49. The third-order valence-electron chi connectivity index (χ3n) is 3.27. The Bertz CT molecular complexity index is 245. The fraction of sp³-hybridized carbons (Fsp3) is 0.900. The Kier molecular flexibility index (Phi) is 2.95. The quantitative estimate of drug-likeness (QED) is 0.562. The lowest BCUT2D eigenvalue weighted by Gasteiger charge is -2.32. The van der Waals surface area contributed by atoms with Crippen molar-refractivity contribution in [3.63, 3.8) is 0 Å². The van der Waals surface area contributed by atoms with E-state index in [2.05, 4.69) is 5.32 Å². The van der Waals surface area contributed by atoms with Crippen LogP contribution < -0.4 is 11.1 Å². The number of hydrogen-bond donors (Lipinski definition) is 3. The normalized spacial score (nSPS) is 39.9. The molecule has 86 valence electrons. The molecule has 1 saturated carbocycles. The van der Waals surface area contributed by atoms with E-state index in [1.54, 1.807) is 0 Å². The minimum atomic E-state index is -0.831. The number of carbonyl (C=O) groups excluding carboxylic acids is 1. The first-order chi connectivity index (χ1) is 7.10. The maximum atomic E-state index is 11.7. The van der Waals surface area contributed by atoms with Gasteiger partial charge in [0.25, 0.3) is 0 Å². The van der Waals surface area contributed by atoms with Crippen LogP contribution in [0.3, 0.4) is 0 Å². The predicted octanol–water partition coefficient (Wildman–Crippen LogP) is -1.01. The van der Waals surface area contributed by atoms with E-state index in [1.165, 1.54) is 0 Å². The van der Waals surface area contributed by atoms with Gasteiger partial charge in [-0.05, 0) is 25.2 Å². The van der Waals surface area contributed by atoms with E-state index >= 15 is 0 Å². The lowest BCUT2D eigenvalue weighted by molar-refractivity contribution is -0.126. The molecule has 5 nitrogen and oxygen atoms in total. The standard InChI is InChI=1S/C10H18N2O3/c11-10(1-2-15-6-10)9(14)12-5-7-3-8(13)4-7/h7-8,13H,1-6,11H2,(H,12,14). The van der Waals surface area contributed by atoms with Crippen LogP contribution in [0.25, 0.3) is 0 Å². The summed E-state index contributed by atoms with van der Waals surface area (Å²) in [7, 11) is 0. The summed E-state index contributed by atoms with van der Waals surface area (Å²) in [5, 5.41) is 11.9. The van der Waals surface area contributed by atoms with E-state index in [0.717, 1.165) is 12.8 Å². The summed E-state index contributed by atoms with van der Waals surface area (Å²) < 4.78 is 5.12. The largest absolute Gasteiger partial charge is 0.393 e. The molecule has 1 saturated heterocycles. The highest BCUT2D eigenvalue weighted by atomic mass is 16.5. The zero-order valence-electron chi connectivity index (χ0n) is 8.74. The number of aliphatic hydroxyl groups excluding tert-OH is 1. The molecule has 5 heteroatoms. The maximum Gasteiger partial charge on any atom is 0.242 e. The molecule has 1 atom stereocenters. The Morgan fingerprint density at radius 1 is 1.60 bits per heavy atom. The number of ether oxygens (including phenoxy) is 1. The molecule has 0 aromatic carbocycles. The fourth-order valence-electron chi connectivity index (χ4n) is 2.04. The molecule has 1 aliphatic carbocycles. The fourth-order valence-corrected chi connectivity index (χ4v) is 2.04. The summed E-state index contributed by atoms with van der Waals surface area (Å²) in [4.78, 5) is 11.7. The molecule has 2 fully saturated rings. The summed E-state index contributed by atoms with van der Waals surface area (Å²) in [6.07, 6.45) is 1.99. The Labute approximate surface area is 89.0 Å². The zero-order chi connectivity index (χ0) is 10.9. The van der Waals surface area contributed by atoms with Crippen LogP contribution in [0, 0.1) is 5.92 Å². The lowest BCUT2D eigenvalue weighted by atomic mass is 9.82. The average molecular weight is 214 g/mol. The van der Waals surface area contributed by atoms with Gasteiger partial charge >= 0.3 is 0 Å². The summed E-state index contributed by atoms with van der Waals surface area (Å²) >= 11 is 0. The van der Waals surface area contributed by atoms with Gasteiger partial charge in [-0.2, -0.15) is 0 Å². The highest BCUT2D eigenvalue weighted by Crippen LogP contribution is 2.26. The Morgan fingerprint density at radius 3 is 2.87 bits per heavy atom. The van der Waals surface area contributed by atoms with Gasteiger partial charge in [0.2, 0.25) is 5.91 Å². The van der Waals surface area contributed by atoms with Gasteiger partial charge in [0.15, 0.2) is 0 Å². The molecule has 0 bridgehead atoms. The molecular weight excluding hydrogens is 196 g/mol. The van der Waals surface area contributed by atoms with Crippen molar-refractivity contribution in [2.75, 3.05) is 19.8 Å². The summed E-state index contributed by atoms with van der Waals surface area (Å²) in [5.74, 6) is 0.288. The van der Waals surface area contributed by atoms with Crippen LogP contribution in [0.15, 0.2) is 0 Å². The minimum Gasteiger partial charge on any atom is -0.393 e. The number of hydrogen-bond acceptors (Lipinski definition) is 4. The molecular formula is C10H18N2O3. The van der Waals surface area contributed by atoms with E-state index in [1.807, 2.05) is 0 Å². The van der Waals surface area contributed by atoms with Crippen molar-refractivity contribution in [1.29, 1.82) is 0 Å². The SMILES string of the molecule is NC1(C(=O)NCC2CC(O)C2)CCOC1. The van der Waals surface area contributed by atoms with Gasteiger partial charge in [-0.15, -0.1) is 0 Å². The molecule has 0 spiro atoms. The third kappa shape index (κ3) is 2.30. The van der Waals surface area contributed by atoms with Crippen molar-refractivity contribution in [1.82, 2.24) is 5.32 Å². The molecule has 15 heavy (non-hydrogen) atoms. The highest BCUT2D eigenvalue weighted by Gasteiger charge is 2.38. The molecule has 1 heterocycles. The van der Waals surface area contributed by atoms with E-state index < -0.39 is 5.54 Å². The smallest absolute Gasteiger partial charge is 0.242 e. The predicted molar refractivity (Wildman–Crippen MR) is 54.1 cm³/mol. The number of carbonyl (C=O) groups is 1. The van der Waals surface area contributed by atoms with E-state index in [0.29, 0.717) is 32.1 Å². The van der Waals surface area contributed by atoms with E-state index in [4.69, 9.17) is 15.6 Å². The van der Waals surface area contributed by atoms with Gasteiger partial charge in [0.1, 0.15) is 5.54 Å². The second-order valence-electron chi connectivity index (χ2n) is 4.66. The Hall–Kier alpha value is -0.650. The molecule has 1 unspecified atom stereocenters. The van der Waals surface area contributed by atoms with Gasteiger partial charge in [-0.1, -0.05) is 0 Å². The molecule has 2 rings (SSSR count). The molecule has 2 aliphatic rings. The molecule has 0 radical (unpaired) electrons. The number of amides is 1. The number of rotatable bonds is 3. The molecule has 0 aromatic rings. The molecule has 4 N–H and O–H groups in total. The highest BCUT2D eigenvalue weighted by molar-refractivity contribution is 5.86. The topological polar surface area (TPSA) is 84.6 Å². The van der Waals surface area contributed by atoms with Crippen molar-refractivity contribution in [2.24, 2.45) is 11.7 Å². The Morgan fingerprint density at radius 2 is 2.33 bits per heavy atom. The van der Waals surface area contributed by atoms with Crippen molar-refractivity contribution in [3.05, 3.63) is 0 Å². The van der Waals surface area contributed by atoms with Crippen molar-refractivity contribution in [3.8, 4) is 0 Å². The minimum absolute atomic E-state index is 0.124. The summed E-state index contributed by atoms with van der Waals surface area (Å²) in [5.41, 5.74) is 5.06. The van der Waals surface area contributed by atoms with Crippen molar-refractivity contribution >= 4 is 5.91 Å². The van der Waals surface area contributed by atoms with Gasteiger partial charge in [0, 0.05) is 13.2 Å². The average Bonchev–Trinajstić information content (AvgIpc) is 2.59. The number of nitrogens with one attached hydrogen (secondary N) is 1. The number of aliphatic hydroxyl groups is 1. The van der Waals surface area contributed by atoms with Gasteiger partial charge in [-0.3, -0.25) is 4.79 Å². The molecule has 1 aliphatic heterocycles. The van der Waals surface area contributed by atoms with E-state index in [-0.39, 0.29) is 12.0 Å². The van der Waals surface area contributed by atoms with Crippen molar-refractivity contribution < 1.29 is 14.6 Å². The maximum absolute atomic E-state index is 11.7. The van der Waals surface area contributed by atoms with Crippen LogP contribution in [0.5, 0.6) is 0 Å². The van der Waals surface area contributed by atoms with E-state index in [9.17, 15) is 4.79 Å². The third-order valence-corrected chi connectivity index (χ3v) is 3.27. The number of nitrogens with two attached hydrogens (primary N) is 1. The van der Waals surface area contributed by atoms with Crippen LogP contribution >= 0.6 is 0 Å². The second-order valence-corrected chi connectivity index (χ2v) is 4.66. The molecule has 1 amide bonds. The molecule has 0 aromatic heterocycles. The summed E-state index contributed by atoms with van der Waals surface area (Å²) in [6, 6.07) is 0. The van der Waals surface area contributed by atoms with Crippen molar-refractivity contribution in [2.45, 2.75) is 30.9 Å². The van der Waals surface area contributed by atoms with Crippen LogP contribution in [0.2, 0.25) is 0 Å². The van der Waals surface area contributed by atoms with Gasteiger partial charge in [0.05, 0.1) is 12.7 Å². The Balaban J connectivity index is 1.72. The first-order valence-electron chi connectivity index (χ1n) is 5.43. The second kappa shape index (κ2) is 4.08. The van der Waals surface area contributed by atoms with Crippen LogP contribution in [0.1, 0.15) is 19.3 Å². The lowest BCUT2D eigenvalue weighted by Crippen LogP contribution is -2.55. The van der Waals surface area contributed by atoms with Crippen LogP contribution in [-0.2, 0) is 9.53 Å². The van der Waals surface area contributed by atoms with Gasteiger partial charge < -0.3 is 20.9 Å². The van der Waals surface area contributed by atoms with Crippen LogP contribution in [0.4, 0.5) is 0 Å². The zero-order valence-corrected chi connectivity index (χ0v) is 8.74. The first-order valence-corrected chi connectivity index (χ1v) is 5.43.